The third kappa shape index (κ3) is 3.94. The number of nitro groups is 1. The van der Waals surface area contributed by atoms with Crippen molar-refractivity contribution in [1.29, 1.82) is 0 Å². The summed E-state index contributed by atoms with van der Waals surface area (Å²) in [4.78, 5) is 31.8. The van der Waals surface area contributed by atoms with Crippen LogP contribution in [0.5, 0.6) is 0 Å². The summed E-state index contributed by atoms with van der Waals surface area (Å²) in [5, 5.41) is 20.3. The Labute approximate surface area is 175 Å². The van der Waals surface area contributed by atoms with Crippen molar-refractivity contribution in [2.45, 2.75) is 6.92 Å². The van der Waals surface area contributed by atoms with Crippen LogP contribution in [-0.4, -0.2) is 30.6 Å². The van der Waals surface area contributed by atoms with Gasteiger partial charge in [0.15, 0.2) is 11.0 Å². The van der Waals surface area contributed by atoms with Crippen LogP contribution in [-0.2, 0) is 7.05 Å². The smallest absolute Gasteiger partial charge is 0.272 e. The van der Waals surface area contributed by atoms with Crippen LogP contribution in [0.25, 0.3) is 22.6 Å². The second kappa shape index (κ2) is 7.84. The summed E-state index contributed by atoms with van der Waals surface area (Å²) in [7, 11) is 1.79. The standard InChI is InChI=1S/C20H16N6O3S/c1-12-3-4-15(9-17(12)26(28)29)16-10-30-20(22-16)23-19(27)14-7-5-13(6-8-14)18-21-11-25(2)24-18/h3-11H,1-2H3,(H,22,23,27). The van der Waals surface area contributed by atoms with Crippen molar-refractivity contribution < 1.29 is 9.72 Å². The molecule has 4 aromatic rings. The predicted octanol–water partition coefficient (Wildman–Crippen LogP) is 4.07. The number of carbonyl (C=O) groups excluding carboxylic acids is 1. The van der Waals surface area contributed by atoms with E-state index in [0.29, 0.717) is 33.3 Å². The first-order valence-corrected chi connectivity index (χ1v) is 9.77. The maximum absolute atomic E-state index is 12.5. The summed E-state index contributed by atoms with van der Waals surface area (Å²) in [6.45, 7) is 1.68. The number of benzene rings is 2. The Kier molecular flexibility index (Phi) is 5.07. The highest BCUT2D eigenvalue weighted by Crippen LogP contribution is 2.29. The topological polar surface area (TPSA) is 116 Å². The molecule has 1 N–H and O–H groups in total. The molecule has 0 fully saturated rings. The zero-order valence-corrected chi connectivity index (χ0v) is 16.9. The van der Waals surface area contributed by atoms with Gasteiger partial charge in [0.2, 0.25) is 0 Å². The molecule has 0 saturated heterocycles. The fraction of sp³-hybridized carbons (Fsp3) is 0.100. The largest absolute Gasteiger partial charge is 0.298 e. The number of hydrogen-bond acceptors (Lipinski definition) is 7. The van der Waals surface area contributed by atoms with Crippen LogP contribution in [0.2, 0.25) is 0 Å². The summed E-state index contributed by atoms with van der Waals surface area (Å²) in [6.07, 6.45) is 1.61. The Hall–Kier alpha value is -3.92. The van der Waals surface area contributed by atoms with Gasteiger partial charge in [-0.15, -0.1) is 11.3 Å². The Morgan fingerprint density at radius 1 is 1.17 bits per heavy atom. The average Bonchev–Trinajstić information content (AvgIpc) is 3.37. The molecule has 0 radical (unpaired) electrons. The molecule has 0 aliphatic heterocycles. The molecule has 2 aromatic heterocycles. The zero-order valence-electron chi connectivity index (χ0n) is 16.1. The Morgan fingerprint density at radius 3 is 2.57 bits per heavy atom. The number of carbonyl (C=O) groups is 1. The highest BCUT2D eigenvalue weighted by atomic mass is 32.1. The molecule has 2 aromatic carbocycles. The van der Waals surface area contributed by atoms with Crippen molar-refractivity contribution in [1.82, 2.24) is 19.7 Å². The van der Waals surface area contributed by atoms with Crippen molar-refractivity contribution in [2.75, 3.05) is 5.32 Å². The van der Waals surface area contributed by atoms with E-state index in [1.54, 1.807) is 66.8 Å². The van der Waals surface area contributed by atoms with Crippen molar-refractivity contribution in [3.8, 4) is 22.6 Å². The third-order valence-electron chi connectivity index (χ3n) is 4.43. The summed E-state index contributed by atoms with van der Waals surface area (Å²) < 4.78 is 1.61. The molecule has 0 unspecified atom stereocenters. The van der Waals surface area contributed by atoms with Crippen LogP contribution >= 0.6 is 11.3 Å². The van der Waals surface area contributed by atoms with Gasteiger partial charge in [-0.2, -0.15) is 5.10 Å². The first-order chi connectivity index (χ1) is 14.4. The zero-order chi connectivity index (χ0) is 21.3. The van der Waals surface area contributed by atoms with Gasteiger partial charge in [0, 0.05) is 40.7 Å². The van der Waals surface area contributed by atoms with E-state index in [-0.39, 0.29) is 11.6 Å². The molecular weight excluding hydrogens is 404 g/mol. The van der Waals surface area contributed by atoms with Gasteiger partial charge in [-0.3, -0.25) is 24.9 Å². The molecule has 4 rings (SSSR count). The van der Waals surface area contributed by atoms with Crippen molar-refractivity contribution in [3.63, 3.8) is 0 Å². The van der Waals surface area contributed by atoms with E-state index < -0.39 is 4.92 Å². The minimum atomic E-state index is -0.419. The van der Waals surface area contributed by atoms with Crippen LogP contribution in [0.3, 0.4) is 0 Å². The molecule has 150 valence electrons. The summed E-state index contributed by atoms with van der Waals surface area (Å²) in [5.41, 5.74) is 3.08. The van der Waals surface area contributed by atoms with E-state index in [0.717, 1.165) is 5.56 Å². The van der Waals surface area contributed by atoms with Crippen LogP contribution < -0.4 is 5.32 Å². The van der Waals surface area contributed by atoms with Gasteiger partial charge in [0.05, 0.1) is 10.6 Å². The van der Waals surface area contributed by atoms with E-state index in [1.807, 2.05) is 0 Å². The lowest BCUT2D eigenvalue weighted by Gasteiger charge is -2.03. The normalized spacial score (nSPS) is 10.7. The second-order valence-electron chi connectivity index (χ2n) is 6.57. The number of nitro benzene ring substituents is 1. The lowest BCUT2D eigenvalue weighted by molar-refractivity contribution is -0.385. The van der Waals surface area contributed by atoms with Gasteiger partial charge in [0.25, 0.3) is 11.6 Å². The third-order valence-corrected chi connectivity index (χ3v) is 5.19. The molecule has 10 heteroatoms. The molecule has 30 heavy (non-hydrogen) atoms. The molecule has 0 spiro atoms. The fourth-order valence-corrected chi connectivity index (χ4v) is 3.56. The second-order valence-corrected chi connectivity index (χ2v) is 7.43. The number of hydrogen-bond donors (Lipinski definition) is 1. The Morgan fingerprint density at radius 2 is 1.90 bits per heavy atom. The van der Waals surface area contributed by atoms with Crippen LogP contribution in [0, 0.1) is 17.0 Å². The monoisotopic (exact) mass is 420 g/mol. The quantitative estimate of drug-likeness (QED) is 0.384. The number of nitrogens with one attached hydrogen (secondary N) is 1. The van der Waals surface area contributed by atoms with Gasteiger partial charge >= 0.3 is 0 Å². The number of anilines is 1. The number of rotatable bonds is 5. The van der Waals surface area contributed by atoms with Crippen molar-refractivity contribution in [3.05, 3.63) is 75.4 Å². The van der Waals surface area contributed by atoms with Crippen molar-refractivity contribution >= 4 is 28.1 Å². The molecule has 1 amide bonds. The minimum absolute atomic E-state index is 0.0357. The van der Waals surface area contributed by atoms with Gasteiger partial charge in [-0.25, -0.2) is 9.97 Å². The summed E-state index contributed by atoms with van der Waals surface area (Å²) in [5.74, 6) is 0.285. The van der Waals surface area contributed by atoms with Crippen LogP contribution in [0.1, 0.15) is 15.9 Å². The highest BCUT2D eigenvalue weighted by Gasteiger charge is 2.15. The van der Waals surface area contributed by atoms with Crippen LogP contribution in [0.15, 0.2) is 54.2 Å². The maximum atomic E-state index is 12.5. The number of aromatic nitrogens is 4. The molecule has 9 nitrogen and oxygen atoms in total. The molecule has 0 saturated carbocycles. The fourth-order valence-electron chi connectivity index (χ4n) is 2.84. The lowest BCUT2D eigenvalue weighted by Crippen LogP contribution is -2.11. The molecule has 0 aliphatic carbocycles. The van der Waals surface area contributed by atoms with Crippen LogP contribution in [0.4, 0.5) is 10.8 Å². The van der Waals surface area contributed by atoms with E-state index in [2.05, 4.69) is 20.4 Å². The molecule has 0 aliphatic rings. The SMILES string of the molecule is Cc1ccc(-c2csc(NC(=O)c3ccc(-c4ncn(C)n4)cc3)n2)cc1[N+](=O)[O-]. The highest BCUT2D eigenvalue weighted by molar-refractivity contribution is 7.14. The van der Waals surface area contributed by atoms with Gasteiger partial charge in [0.1, 0.15) is 6.33 Å². The average molecular weight is 420 g/mol. The molecule has 2 heterocycles. The first kappa shape index (κ1) is 19.4. The Bertz CT molecular complexity index is 1250. The minimum Gasteiger partial charge on any atom is -0.298 e. The number of thiazole rings is 1. The maximum Gasteiger partial charge on any atom is 0.272 e. The van der Waals surface area contributed by atoms with E-state index in [4.69, 9.17) is 0 Å². The van der Waals surface area contributed by atoms with Gasteiger partial charge in [-0.1, -0.05) is 24.3 Å². The summed E-state index contributed by atoms with van der Waals surface area (Å²) in [6, 6.07) is 11.9. The van der Waals surface area contributed by atoms with E-state index in [1.165, 1.54) is 17.4 Å². The Balaban J connectivity index is 1.49. The lowest BCUT2D eigenvalue weighted by atomic mass is 10.1. The number of aryl methyl sites for hydroxylation is 2. The molecule has 0 atom stereocenters. The first-order valence-electron chi connectivity index (χ1n) is 8.89. The molecular formula is C20H16N6O3S. The van der Waals surface area contributed by atoms with Gasteiger partial charge in [-0.05, 0) is 19.1 Å². The van der Waals surface area contributed by atoms with Gasteiger partial charge < -0.3 is 0 Å². The van der Waals surface area contributed by atoms with Crippen molar-refractivity contribution in [2.24, 2.45) is 7.05 Å². The predicted molar refractivity (Wildman–Crippen MR) is 113 cm³/mol. The molecule has 0 bridgehead atoms. The van der Waals surface area contributed by atoms with E-state index in [9.17, 15) is 14.9 Å². The summed E-state index contributed by atoms with van der Waals surface area (Å²) >= 11 is 1.25. The van der Waals surface area contributed by atoms with E-state index >= 15 is 0 Å². The number of nitrogens with zero attached hydrogens (tertiary/aromatic N) is 5. The number of amides is 1.